The number of nitrogens with zero attached hydrogens (tertiary/aromatic N) is 3. The summed E-state index contributed by atoms with van der Waals surface area (Å²) in [7, 11) is 1.95. The summed E-state index contributed by atoms with van der Waals surface area (Å²) in [6, 6.07) is 4.48. The van der Waals surface area contributed by atoms with E-state index in [0.29, 0.717) is 6.04 Å². The van der Waals surface area contributed by atoms with Gasteiger partial charge >= 0.3 is 0 Å². The maximum absolute atomic E-state index is 9.56. The van der Waals surface area contributed by atoms with Gasteiger partial charge in [0, 0.05) is 49.4 Å². The average molecular weight is 286 g/mol. The highest BCUT2D eigenvalue weighted by Crippen LogP contribution is 2.23. The first-order valence-electron chi connectivity index (χ1n) is 7.57. The molecule has 1 aliphatic carbocycles. The van der Waals surface area contributed by atoms with Gasteiger partial charge in [-0.3, -0.25) is 9.67 Å². The first-order valence-corrected chi connectivity index (χ1v) is 7.57. The smallest absolute Gasteiger partial charge is 0.0969 e. The van der Waals surface area contributed by atoms with E-state index in [-0.39, 0.29) is 6.10 Å². The molecule has 5 heteroatoms. The van der Waals surface area contributed by atoms with Crippen LogP contribution in [-0.2, 0) is 13.6 Å². The van der Waals surface area contributed by atoms with Crippen LogP contribution < -0.4 is 5.32 Å². The van der Waals surface area contributed by atoms with Crippen molar-refractivity contribution in [3.8, 4) is 11.3 Å². The van der Waals surface area contributed by atoms with Gasteiger partial charge in [0.2, 0.25) is 0 Å². The summed E-state index contributed by atoms with van der Waals surface area (Å²) in [4.78, 5) is 4.06. The van der Waals surface area contributed by atoms with Crippen molar-refractivity contribution in [2.75, 3.05) is 0 Å². The molecule has 3 rings (SSSR count). The van der Waals surface area contributed by atoms with Gasteiger partial charge in [0.25, 0.3) is 0 Å². The zero-order chi connectivity index (χ0) is 14.7. The van der Waals surface area contributed by atoms with E-state index < -0.39 is 0 Å². The van der Waals surface area contributed by atoms with Crippen molar-refractivity contribution in [2.24, 2.45) is 7.05 Å². The van der Waals surface area contributed by atoms with Crippen molar-refractivity contribution in [1.29, 1.82) is 0 Å². The molecule has 0 unspecified atom stereocenters. The van der Waals surface area contributed by atoms with Crippen LogP contribution in [0.3, 0.4) is 0 Å². The van der Waals surface area contributed by atoms with Crippen LogP contribution in [0.25, 0.3) is 11.3 Å². The molecule has 5 nitrogen and oxygen atoms in total. The molecular formula is C16H22N4O. The zero-order valence-corrected chi connectivity index (χ0v) is 12.4. The van der Waals surface area contributed by atoms with Gasteiger partial charge in [0.05, 0.1) is 11.8 Å². The number of aliphatic hydroxyl groups excluding tert-OH is 1. The van der Waals surface area contributed by atoms with Gasteiger partial charge in [-0.25, -0.2) is 0 Å². The lowest BCUT2D eigenvalue weighted by molar-refractivity contribution is 0.116. The second kappa shape index (κ2) is 6.37. The maximum Gasteiger partial charge on any atom is 0.0969 e. The topological polar surface area (TPSA) is 63.0 Å². The molecule has 1 fully saturated rings. The fourth-order valence-corrected chi connectivity index (χ4v) is 2.95. The second-order valence-corrected chi connectivity index (χ2v) is 5.80. The minimum absolute atomic E-state index is 0.103. The largest absolute Gasteiger partial charge is 0.393 e. The highest BCUT2D eigenvalue weighted by Gasteiger charge is 2.19. The normalized spacial score (nSPS) is 22.4. The van der Waals surface area contributed by atoms with Crippen LogP contribution in [0.5, 0.6) is 0 Å². The molecule has 0 atom stereocenters. The molecule has 2 aromatic rings. The number of pyridine rings is 1. The van der Waals surface area contributed by atoms with Gasteiger partial charge in [-0.1, -0.05) is 0 Å². The Balaban J connectivity index is 1.68. The Morgan fingerprint density at radius 1 is 1.24 bits per heavy atom. The molecule has 2 heterocycles. The molecule has 21 heavy (non-hydrogen) atoms. The van der Waals surface area contributed by atoms with E-state index in [9.17, 15) is 5.11 Å². The van der Waals surface area contributed by atoms with E-state index in [1.165, 1.54) is 5.56 Å². The first kappa shape index (κ1) is 14.2. The lowest BCUT2D eigenvalue weighted by atomic mass is 9.93. The number of aliphatic hydroxyl groups is 1. The Labute approximate surface area is 125 Å². The lowest BCUT2D eigenvalue weighted by Gasteiger charge is -2.26. The number of nitrogens with one attached hydrogen (secondary N) is 1. The van der Waals surface area contributed by atoms with E-state index in [1.54, 1.807) is 12.4 Å². The zero-order valence-electron chi connectivity index (χ0n) is 12.4. The summed E-state index contributed by atoms with van der Waals surface area (Å²) in [5, 5.41) is 17.7. The molecule has 112 valence electrons. The minimum Gasteiger partial charge on any atom is -0.393 e. The predicted octanol–water partition coefficient (Wildman–Crippen LogP) is 1.88. The van der Waals surface area contributed by atoms with Crippen LogP contribution in [0.4, 0.5) is 0 Å². The Morgan fingerprint density at radius 3 is 2.67 bits per heavy atom. The Morgan fingerprint density at radius 2 is 1.95 bits per heavy atom. The third kappa shape index (κ3) is 3.49. The summed E-state index contributed by atoms with van der Waals surface area (Å²) in [6.07, 6.45) is 9.46. The SMILES string of the molecule is Cn1cc(CNC2CCC(O)CC2)c(-c2ccncc2)n1. The molecule has 0 aromatic carbocycles. The molecule has 2 aromatic heterocycles. The summed E-state index contributed by atoms with van der Waals surface area (Å²) in [5.74, 6) is 0. The molecule has 0 spiro atoms. The summed E-state index contributed by atoms with van der Waals surface area (Å²) >= 11 is 0. The molecule has 1 aliphatic rings. The second-order valence-electron chi connectivity index (χ2n) is 5.80. The van der Waals surface area contributed by atoms with Crippen molar-refractivity contribution in [3.05, 3.63) is 36.3 Å². The van der Waals surface area contributed by atoms with Gasteiger partial charge in [0.1, 0.15) is 0 Å². The van der Waals surface area contributed by atoms with Crippen molar-refractivity contribution in [2.45, 2.75) is 44.4 Å². The van der Waals surface area contributed by atoms with Gasteiger partial charge in [-0.2, -0.15) is 5.10 Å². The molecule has 0 saturated heterocycles. The van der Waals surface area contributed by atoms with Crippen LogP contribution in [0.1, 0.15) is 31.2 Å². The quantitative estimate of drug-likeness (QED) is 0.901. The van der Waals surface area contributed by atoms with Crippen molar-refractivity contribution in [3.63, 3.8) is 0 Å². The van der Waals surface area contributed by atoms with Crippen LogP contribution in [0.2, 0.25) is 0 Å². The van der Waals surface area contributed by atoms with E-state index >= 15 is 0 Å². The van der Waals surface area contributed by atoms with Crippen molar-refractivity contribution < 1.29 is 5.11 Å². The van der Waals surface area contributed by atoms with Crippen molar-refractivity contribution in [1.82, 2.24) is 20.1 Å². The van der Waals surface area contributed by atoms with Crippen LogP contribution in [0, 0.1) is 0 Å². The third-order valence-electron chi connectivity index (χ3n) is 4.14. The Kier molecular flexibility index (Phi) is 4.31. The summed E-state index contributed by atoms with van der Waals surface area (Å²) in [6.45, 7) is 0.812. The Hall–Kier alpha value is -1.72. The number of hydrogen-bond acceptors (Lipinski definition) is 4. The summed E-state index contributed by atoms with van der Waals surface area (Å²) < 4.78 is 1.86. The van der Waals surface area contributed by atoms with Crippen LogP contribution in [-0.4, -0.2) is 32.0 Å². The summed E-state index contributed by atoms with van der Waals surface area (Å²) in [5.41, 5.74) is 3.32. The minimum atomic E-state index is -0.103. The molecular weight excluding hydrogens is 264 g/mol. The van der Waals surface area contributed by atoms with E-state index in [2.05, 4.69) is 21.6 Å². The standard InChI is InChI=1S/C16H22N4O/c1-20-11-13(10-18-14-2-4-15(21)5-3-14)16(19-20)12-6-8-17-9-7-12/h6-9,11,14-15,18,21H,2-5,10H2,1H3. The lowest BCUT2D eigenvalue weighted by Crippen LogP contribution is -2.34. The number of rotatable bonds is 4. The highest BCUT2D eigenvalue weighted by atomic mass is 16.3. The van der Waals surface area contributed by atoms with Gasteiger partial charge < -0.3 is 10.4 Å². The molecule has 0 amide bonds. The molecule has 1 saturated carbocycles. The molecule has 0 bridgehead atoms. The average Bonchev–Trinajstić information content (AvgIpc) is 2.89. The predicted molar refractivity (Wildman–Crippen MR) is 81.5 cm³/mol. The fourth-order valence-electron chi connectivity index (χ4n) is 2.95. The number of aromatic nitrogens is 3. The van der Waals surface area contributed by atoms with Crippen LogP contribution >= 0.6 is 0 Å². The molecule has 0 radical (unpaired) electrons. The Bertz CT molecular complexity index is 573. The van der Waals surface area contributed by atoms with E-state index in [1.807, 2.05) is 23.9 Å². The number of hydrogen-bond donors (Lipinski definition) is 2. The van der Waals surface area contributed by atoms with Gasteiger partial charge in [0.15, 0.2) is 0 Å². The van der Waals surface area contributed by atoms with Crippen molar-refractivity contribution >= 4 is 0 Å². The first-order chi connectivity index (χ1) is 10.2. The number of aryl methyl sites for hydroxylation is 1. The fraction of sp³-hybridized carbons (Fsp3) is 0.500. The van der Waals surface area contributed by atoms with Gasteiger partial charge in [-0.05, 0) is 37.8 Å². The van der Waals surface area contributed by atoms with E-state index in [4.69, 9.17) is 0 Å². The van der Waals surface area contributed by atoms with E-state index in [0.717, 1.165) is 43.5 Å². The molecule has 2 N–H and O–H groups in total. The third-order valence-corrected chi connectivity index (χ3v) is 4.14. The highest BCUT2D eigenvalue weighted by molar-refractivity contribution is 5.61. The monoisotopic (exact) mass is 286 g/mol. The molecule has 0 aliphatic heterocycles. The maximum atomic E-state index is 9.56. The van der Waals surface area contributed by atoms with Crippen LogP contribution in [0.15, 0.2) is 30.7 Å². The van der Waals surface area contributed by atoms with Gasteiger partial charge in [-0.15, -0.1) is 0 Å².